The third-order valence-electron chi connectivity index (χ3n) is 3.16. The number of hydrogen-bond donors (Lipinski definition) is 2. The maximum absolute atomic E-state index is 12.0. The lowest BCUT2D eigenvalue weighted by molar-refractivity contribution is -0.113. The third kappa shape index (κ3) is 4.58. The van der Waals surface area contributed by atoms with Crippen LogP contribution in [0.3, 0.4) is 0 Å². The number of nitrogens with zero attached hydrogens (tertiary/aromatic N) is 4. The van der Waals surface area contributed by atoms with Gasteiger partial charge in [-0.05, 0) is 24.3 Å². The first-order valence-electron chi connectivity index (χ1n) is 7.71. The molecule has 2 N–H and O–H groups in total. The average Bonchev–Trinajstić information content (AvgIpc) is 3.22. The van der Waals surface area contributed by atoms with Crippen LogP contribution in [0.25, 0.3) is 11.5 Å². The highest BCUT2D eigenvalue weighted by molar-refractivity contribution is 7.99. The SMILES string of the molecule is CC(C)(C)c1nnc(NC(=O)CSc2nnc(-c3ccc(O)cc3)o2)s1. The summed E-state index contributed by atoms with van der Waals surface area (Å²) in [4.78, 5) is 12.0. The predicted octanol–water partition coefficient (Wildman–Crippen LogP) is 3.32. The van der Waals surface area contributed by atoms with Gasteiger partial charge < -0.3 is 9.52 Å². The maximum Gasteiger partial charge on any atom is 0.277 e. The smallest absolute Gasteiger partial charge is 0.277 e. The Morgan fingerprint density at radius 1 is 1.19 bits per heavy atom. The molecule has 1 amide bonds. The summed E-state index contributed by atoms with van der Waals surface area (Å²) in [5.74, 6) is 0.371. The van der Waals surface area contributed by atoms with Gasteiger partial charge in [0.1, 0.15) is 10.8 Å². The van der Waals surface area contributed by atoms with E-state index in [1.807, 2.05) is 20.8 Å². The molecule has 2 heterocycles. The fourth-order valence-corrected chi connectivity index (χ4v) is 3.23. The summed E-state index contributed by atoms with van der Waals surface area (Å²) in [7, 11) is 0. The summed E-state index contributed by atoms with van der Waals surface area (Å²) >= 11 is 2.49. The largest absolute Gasteiger partial charge is 0.508 e. The summed E-state index contributed by atoms with van der Waals surface area (Å²) in [6, 6.07) is 6.42. The highest BCUT2D eigenvalue weighted by Gasteiger charge is 2.20. The number of aromatic hydroxyl groups is 1. The second-order valence-corrected chi connectivity index (χ2v) is 8.32. The molecular formula is C16H17N5O3S2. The van der Waals surface area contributed by atoms with Crippen LogP contribution in [0, 0.1) is 0 Å². The van der Waals surface area contributed by atoms with Gasteiger partial charge >= 0.3 is 0 Å². The van der Waals surface area contributed by atoms with Crippen molar-refractivity contribution in [3.05, 3.63) is 29.3 Å². The zero-order valence-electron chi connectivity index (χ0n) is 14.4. The number of aromatic nitrogens is 4. The number of amides is 1. The number of carbonyl (C=O) groups excluding carboxylic acids is 1. The molecule has 0 saturated heterocycles. The zero-order chi connectivity index (χ0) is 18.7. The van der Waals surface area contributed by atoms with Crippen LogP contribution in [-0.2, 0) is 10.2 Å². The van der Waals surface area contributed by atoms with E-state index in [2.05, 4.69) is 25.7 Å². The number of phenolic OH excluding ortho intramolecular Hbond substituents is 1. The number of anilines is 1. The topological polar surface area (TPSA) is 114 Å². The molecule has 8 nitrogen and oxygen atoms in total. The molecule has 0 aliphatic heterocycles. The van der Waals surface area contributed by atoms with Gasteiger partial charge in [-0.15, -0.1) is 20.4 Å². The molecule has 10 heteroatoms. The molecular weight excluding hydrogens is 374 g/mol. The van der Waals surface area contributed by atoms with E-state index >= 15 is 0 Å². The van der Waals surface area contributed by atoms with Crippen LogP contribution in [0.5, 0.6) is 5.75 Å². The minimum absolute atomic E-state index is 0.107. The quantitative estimate of drug-likeness (QED) is 0.637. The summed E-state index contributed by atoms with van der Waals surface area (Å²) in [6.45, 7) is 6.11. The summed E-state index contributed by atoms with van der Waals surface area (Å²) in [6.07, 6.45) is 0. The van der Waals surface area contributed by atoms with E-state index in [-0.39, 0.29) is 28.0 Å². The summed E-state index contributed by atoms with van der Waals surface area (Å²) in [5.41, 5.74) is 0.583. The summed E-state index contributed by atoms with van der Waals surface area (Å²) in [5, 5.41) is 29.5. The summed E-state index contributed by atoms with van der Waals surface area (Å²) < 4.78 is 5.51. The van der Waals surface area contributed by atoms with Crippen LogP contribution in [0.2, 0.25) is 0 Å². The standard InChI is InChI=1S/C16H17N5O3S2/c1-16(2,3)13-19-20-14(26-13)17-11(23)8-25-15-21-18-12(24-15)9-4-6-10(22)7-5-9/h4-7,22H,8H2,1-3H3,(H,17,20,23). The number of benzene rings is 1. The average molecular weight is 391 g/mol. The number of nitrogens with one attached hydrogen (secondary N) is 1. The minimum Gasteiger partial charge on any atom is -0.508 e. The highest BCUT2D eigenvalue weighted by atomic mass is 32.2. The van der Waals surface area contributed by atoms with Crippen molar-refractivity contribution in [3.8, 4) is 17.2 Å². The lowest BCUT2D eigenvalue weighted by Crippen LogP contribution is -2.13. The lowest BCUT2D eigenvalue weighted by Gasteiger charge is -2.12. The van der Waals surface area contributed by atoms with Crippen LogP contribution in [0.1, 0.15) is 25.8 Å². The Labute approximate surface area is 158 Å². The second-order valence-electron chi connectivity index (χ2n) is 6.42. The number of rotatable bonds is 5. The Morgan fingerprint density at radius 3 is 2.58 bits per heavy atom. The van der Waals surface area contributed by atoms with E-state index in [1.165, 1.54) is 23.5 Å². The molecule has 0 fully saturated rings. The van der Waals surface area contributed by atoms with E-state index in [9.17, 15) is 9.90 Å². The van der Waals surface area contributed by atoms with Crippen molar-refractivity contribution in [3.63, 3.8) is 0 Å². The molecule has 26 heavy (non-hydrogen) atoms. The van der Waals surface area contributed by atoms with Crippen molar-refractivity contribution in [1.82, 2.24) is 20.4 Å². The van der Waals surface area contributed by atoms with Crippen molar-refractivity contribution < 1.29 is 14.3 Å². The molecule has 0 saturated carbocycles. The van der Waals surface area contributed by atoms with Crippen LogP contribution >= 0.6 is 23.1 Å². The fourth-order valence-electron chi connectivity index (χ4n) is 1.85. The molecule has 0 unspecified atom stereocenters. The zero-order valence-corrected chi connectivity index (χ0v) is 16.0. The Morgan fingerprint density at radius 2 is 1.92 bits per heavy atom. The van der Waals surface area contributed by atoms with Crippen molar-refractivity contribution in [2.75, 3.05) is 11.1 Å². The van der Waals surface area contributed by atoms with E-state index in [4.69, 9.17) is 4.42 Å². The van der Waals surface area contributed by atoms with Gasteiger partial charge in [0.05, 0.1) is 5.75 Å². The molecule has 0 radical (unpaired) electrons. The normalized spacial score (nSPS) is 11.5. The van der Waals surface area contributed by atoms with Crippen LogP contribution in [0.4, 0.5) is 5.13 Å². The van der Waals surface area contributed by atoms with Crippen LogP contribution in [0.15, 0.2) is 33.9 Å². The van der Waals surface area contributed by atoms with Gasteiger partial charge in [-0.3, -0.25) is 10.1 Å². The van der Waals surface area contributed by atoms with E-state index < -0.39 is 0 Å². The maximum atomic E-state index is 12.0. The molecule has 0 aliphatic rings. The monoisotopic (exact) mass is 391 g/mol. The first kappa shape index (κ1) is 18.3. The Bertz CT molecular complexity index is 899. The van der Waals surface area contributed by atoms with E-state index in [1.54, 1.807) is 12.1 Å². The van der Waals surface area contributed by atoms with Crippen molar-refractivity contribution in [1.29, 1.82) is 0 Å². The molecule has 3 rings (SSSR count). The van der Waals surface area contributed by atoms with Crippen LogP contribution in [-0.4, -0.2) is 37.2 Å². The number of hydrogen-bond acceptors (Lipinski definition) is 9. The van der Waals surface area contributed by atoms with Gasteiger partial charge in [-0.25, -0.2) is 0 Å². The highest BCUT2D eigenvalue weighted by Crippen LogP contribution is 2.28. The Kier molecular flexibility index (Phi) is 5.23. The molecule has 1 aromatic carbocycles. The molecule has 2 aromatic heterocycles. The van der Waals surface area contributed by atoms with Crippen molar-refractivity contribution in [2.24, 2.45) is 0 Å². The fraction of sp³-hybridized carbons (Fsp3) is 0.312. The molecule has 3 aromatic rings. The lowest BCUT2D eigenvalue weighted by atomic mass is 9.98. The van der Waals surface area contributed by atoms with Gasteiger partial charge in [0, 0.05) is 11.0 Å². The number of thioether (sulfide) groups is 1. The first-order chi connectivity index (χ1) is 12.3. The molecule has 0 spiro atoms. The molecule has 136 valence electrons. The van der Waals surface area contributed by atoms with Gasteiger partial charge in [0.25, 0.3) is 5.22 Å². The molecule has 0 bridgehead atoms. The van der Waals surface area contributed by atoms with Crippen molar-refractivity contribution >= 4 is 34.1 Å². The van der Waals surface area contributed by atoms with Gasteiger partial charge in [-0.1, -0.05) is 43.9 Å². The number of carbonyl (C=O) groups is 1. The third-order valence-corrected chi connectivity index (χ3v) is 5.24. The minimum atomic E-state index is -0.226. The van der Waals surface area contributed by atoms with Crippen LogP contribution < -0.4 is 5.32 Å². The second kappa shape index (κ2) is 7.42. The van der Waals surface area contributed by atoms with Gasteiger partial charge in [0.2, 0.25) is 16.9 Å². The molecule has 0 atom stereocenters. The van der Waals surface area contributed by atoms with Gasteiger partial charge in [-0.2, -0.15) is 0 Å². The first-order valence-corrected chi connectivity index (χ1v) is 9.51. The Balaban J connectivity index is 1.55. The Hall–Kier alpha value is -2.46. The van der Waals surface area contributed by atoms with E-state index in [0.717, 1.165) is 16.8 Å². The van der Waals surface area contributed by atoms with E-state index in [0.29, 0.717) is 16.6 Å². The van der Waals surface area contributed by atoms with Crippen molar-refractivity contribution in [2.45, 2.75) is 31.4 Å². The molecule has 0 aliphatic carbocycles. The number of phenols is 1. The van der Waals surface area contributed by atoms with Gasteiger partial charge in [0.15, 0.2) is 0 Å². The predicted molar refractivity (Wildman–Crippen MR) is 99.4 cm³/mol.